The lowest BCUT2D eigenvalue weighted by Crippen LogP contribution is -2.44. The van der Waals surface area contributed by atoms with Gasteiger partial charge in [-0.1, -0.05) is 0 Å². The summed E-state index contributed by atoms with van der Waals surface area (Å²) in [6.07, 6.45) is 3.51. The Bertz CT molecular complexity index is 163. The first kappa shape index (κ1) is 9.79. The lowest BCUT2D eigenvalue weighted by atomic mass is 10.0. The molecule has 0 bridgehead atoms. The lowest BCUT2D eigenvalue weighted by molar-refractivity contribution is 0.173. The highest BCUT2D eigenvalue weighted by molar-refractivity contribution is 7.16. The predicted octanol–water partition coefficient (Wildman–Crippen LogP) is 0.913. The Hall–Kier alpha value is -0.300. The molecule has 1 fully saturated rings. The highest BCUT2D eigenvalue weighted by Gasteiger charge is 2.21. The van der Waals surface area contributed by atoms with Gasteiger partial charge in [-0.3, -0.25) is 0 Å². The summed E-state index contributed by atoms with van der Waals surface area (Å²) >= 11 is 0. The van der Waals surface area contributed by atoms with Gasteiger partial charge in [0.2, 0.25) is 0 Å². The van der Waals surface area contributed by atoms with E-state index in [1.165, 1.54) is 6.42 Å². The Morgan fingerprint density at radius 2 is 2.50 bits per heavy atom. The highest BCUT2D eigenvalue weighted by Crippen LogP contribution is 2.17. The largest absolute Gasteiger partial charge is 0.341 e. The third kappa shape index (κ3) is 2.34. The van der Waals surface area contributed by atoms with Crippen molar-refractivity contribution < 1.29 is 4.79 Å². The zero-order valence-corrected chi connectivity index (χ0v) is 8.70. The molecule has 0 aliphatic carbocycles. The summed E-state index contributed by atoms with van der Waals surface area (Å²) < 4.78 is 0. The van der Waals surface area contributed by atoms with Gasteiger partial charge in [-0.15, -0.1) is 9.24 Å². The summed E-state index contributed by atoms with van der Waals surface area (Å²) in [7, 11) is 4.44. The van der Waals surface area contributed by atoms with E-state index in [0.717, 1.165) is 25.7 Å². The van der Waals surface area contributed by atoms with Crippen LogP contribution in [0, 0.1) is 5.92 Å². The molecule has 0 aromatic heterocycles. The fraction of sp³-hybridized carbons (Fsp3) is 0.875. The van der Waals surface area contributed by atoms with E-state index in [4.69, 9.17) is 0 Å². The first-order valence-corrected chi connectivity index (χ1v) is 5.26. The molecule has 1 aliphatic rings. The van der Waals surface area contributed by atoms with Gasteiger partial charge in [0.15, 0.2) is 0 Å². The summed E-state index contributed by atoms with van der Waals surface area (Å²) in [6.45, 7) is 1.84. The van der Waals surface area contributed by atoms with Crippen LogP contribution in [0.2, 0.25) is 0 Å². The van der Waals surface area contributed by atoms with Gasteiger partial charge in [-0.2, -0.15) is 0 Å². The molecule has 1 rings (SSSR count). The first-order chi connectivity index (χ1) is 5.77. The molecule has 0 aromatic carbocycles. The number of urea groups is 1. The lowest BCUT2D eigenvalue weighted by Gasteiger charge is -2.31. The molecule has 0 radical (unpaired) electrons. The van der Waals surface area contributed by atoms with Crippen molar-refractivity contribution in [2.45, 2.75) is 12.8 Å². The molecule has 70 valence electrons. The van der Waals surface area contributed by atoms with Crippen molar-refractivity contribution in [1.82, 2.24) is 10.2 Å². The number of likely N-dealkylation sites (tertiary alicyclic amines) is 1. The Balaban J connectivity index is 2.40. The van der Waals surface area contributed by atoms with Gasteiger partial charge in [0.05, 0.1) is 0 Å². The second-order valence-corrected chi connectivity index (χ2v) is 3.72. The van der Waals surface area contributed by atoms with E-state index in [9.17, 15) is 4.79 Å². The maximum atomic E-state index is 11.2. The molecule has 2 amide bonds. The third-order valence-electron chi connectivity index (χ3n) is 2.35. The molecule has 0 spiro atoms. The van der Waals surface area contributed by atoms with Crippen LogP contribution < -0.4 is 5.32 Å². The van der Waals surface area contributed by atoms with Crippen LogP contribution in [-0.2, 0) is 0 Å². The van der Waals surface area contributed by atoms with Gasteiger partial charge >= 0.3 is 6.03 Å². The number of hydrogen-bond acceptors (Lipinski definition) is 1. The minimum absolute atomic E-state index is 0.0677. The molecular formula is C8H17N2OP. The van der Waals surface area contributed by atoms with E-state index < -0.39 is 0 Å². The molecule has 1 N–H and O–H groups in total. The van der Waals surface area contributed by atoms with Gasteiger partial charge < -0.3 is 10.2 Å². The number of nitrogens with one attached hydrogen (secondary N) is 1. The van der Waals surface area contributed by atoms with Crippen LogP contribution in [0.3, 0.4) is 0 Å². The van der Waals surface area contributed by atoms with Gasteiger partial charge in [0.25, 0.3) is 0 Å². The molecule has 0 saturated carbocycles. The van der Waals surface area contributed by atoms with E-state index >= 15 is 0 Å². The van der Waals surface area contributed by atoms with E-state index in [-0.39, 0.29) is 6.03 Å². The summed E-state index contributed by atoms with van der Waals surface area (Å²) in [4.78, 5) is 13.1. The number of carbonyl (C=O) groups excluding carboxylic acids is 1. The zero-order chi connectivity index (χ0) is 8.97. The number of carbonyl (C=O) groups is 1. The molecule has 4 heteroatoms. The second-order valence-electron chi connectivity index (χ2n) is 3.25. The van der Waals surface area contributed by atoms with Crippen LogP contribution in [-0.4, -0.2) is 37.2 Å². The minimum atomic E-state index is 0.0677. The number of hydrogen-bond donors (Lipinski definition) is 1. The van der Waals surface area contributed by atoms with Gasteiger partial charge in [0.1, 0.15) is 0 Å². The number of nitrogens with zero attached hydrogens (tertiary/aromatic N) is 1. The van der Waals surface area contributed by atoms with Crippen LogP contribution in [0.15, 0.2) is 0 Å². The number of amides is 2. The normalized spacial score (nSPS) is 23.8. The average molecular weight is 188 g/mol. The van der Waals surface area contributed by atoms with E-state index in [1.807, 2.05) is 4.90 Å². The Morgan fingerprint density at radius 1 is 1.75 bits per heavy atom. The molecule has 1 heterocycles. The van der Waals surface area contributed by atoms with Crippen molar-refractivity contribution in [3.8, 4) is 0 Å². The van der Waals surface area contributed by atoms with Crippen molar-refractivity contribution in [1.29, 1.82) is 0 Å². The SMILES string of the molecule is CNC(=O)N1CCCC(CP)C1. The number of piperidine rings is 1. The molecule has 1 saturated heterocycles. The van der Waals surface area contributed by atoms with Crippen LogP contribution in [0.4, 0.5) is 4.79 Å². The predicted molar refractivity (Wildman–Crippen MR) is 53.3 cm³/mol. The van der Waals surface area contributed by atoms with Crippen LogP contribution in [0.1, 0.15) is 12.8 Å². The summed E-state index contributed by atoms with van der Waals surface area (Å²) in [5.41, 5.74) is 0. The van der Waals surface area contributed by atoms with E-state index in [1.54, 1.807) is 7.05 Å². The number of rotatable bonds is 1. The monoisotopic (exact) mass is 188 g/mol. The van der Waals surface area contributed by atoms with Crippen molar-refractivity contribution in [3.63, 3.8) is 0 Å². The third-order valence-corrected chi connectivity index (χ3v) is 3.02. The van der Waals surface area contributed by atoms with Crippen molar-refractivity contribution in [2.24, 2.45) is 5.92 Å². The topological polar surface area (TPSA) is 32.3 Å². The Labute approximate surface area is 76.1 Å². The average Bonchev–Trinajstić information content (AvgIpc) is 2.17. The fourth-order valence-electron chi connectivity index (χ4n) is 1.60. The van der Waals surface area contributed by atoms with E-state index in [0.29, 0.717) is 5.92 Å². The molecule has 0 aromatic rings. The minimum Gasteiger partial charge on any atom is -0.341 e. The Kier molecular flexibility index (Phi) is 3.80. The molecule has 12 heavy (non-hydrogen) atoms. The summed E-state index contributed by atoms with van der Waals surface area (Å²) in [6, 6.07) is 0.0677. The molecule has 3 nitrogen and oxygen atoms in total. The first-order valence-electron chi connectivity index (χ1n) is 4.44. The maximum absolute atomic E-state index is 11.2. The second kappa shape index (κ2) is 4.66. The summed E-state index contributed by atoms with van der Waals surface area (Å²) in [5.74, 6) is 0.682. The smallest absolute Gasteiger partial charge is 0.317 e. The molecule has 1 aliphatic heterocycles. The van der Waals surface area contributed by atoms with Gasteiger partial charge in [-0.05, 0) is 24.9 Å². The van der Waals surface area contributed by atoms with Crippen molar-refractivity contribution >= 4 is 15.3 Å². The standard InChI is InChI=1S/C8H17N2OP/c1-9-8(11)10-4-2-3-7(5-10)6-12/h7H,2-6,12H2,1H3,(H,9,11). The van der Waals surface area contributed by atoms with Crippen LogP contribution in [0.5, 0.6) is 0 Å². The molecule has 2 unspecified atom stereocenters. The Morgan fingerprint density at radius 3 is 3.08 bits per heavy atom. The zero-order valence-electron chi connectivity index (χ0n) is 7.55. The van der Waals surface area contributed by atoms with Crippen LogP contribution >= 0.6 is 9.24 Å². The van der Waals surface area contributed by atoms with Crippen molar-refractivity contribution in [2.75, 3.05) is 26.3 Å². The van der Waals surface area contributed by atoms with Gasteiger partial charge in [-0.25, -0.2) is 4.79 Å². The van der Waals surface area contributed by atoms with Gasteiger partial charge in [0, 0.05) is 20.1 Å². The summed E-state index contributed by atoms with van der Waals surface area (Å²) in [5, 5.41) is 2.66. The van der Waals surface area contributed by atoms with E-state index in [2.05, 4.69) is 14.6 Å². The quantitative estimate of drug-likeness (QED) is 0.609. The maximum Gasteiger partial charge on any atom is 0.317 e. The molecular weight excluding hydrogens is 171 g/mol. The molecule has 2 atom stereocenters. The highest BCUT2D eigenvalue weighted by atomic mass is 31.0. The van der Waals surface area contributed by atoms with Crippen molar-refractivity contribution in [3.05, 3.63) is 0 Å². The van der Waals surface area contributed by atoms with Crippen LogP contribution in [0.25, 0.3) is 0 Å². The fourth-order valence-corrected chi connectivity index (χ4v) is 1.98.